The summed E-state index contributed by atoms with van der Waals surface area (Å²) in [6.45, 7) is 5.58. The van der Waals surface area contributed by atoms with E-state index in [-0.39, 0.29) is 12.1 Å². The van der Waals surface area contributed by atoms with Gasteiger partial charge in [0.2, 0.25) is 0 Å². The normalized spacial score (nSPS) is 11.1. The van der Waals surface area contributed by atoms with E-state index in [2.05, 4.69) is 15.5 Å². The number of carbonyl (C=O) groups is 1. The summed E-state index contributed by atoms with van der Waals surface area (Å²) in [5.41, 5.74) is -0.142. The highest BCUT2D eigenvalue weighted by molar-refractivity contribution is 5.67. The molecule has 0 atom stereocenters. The summed E-state index contributed by atoms with van der Waals surface area (Å²) in [6, 6.07) is 1.37. The molecular weight excluding hydrogens is 198 g/mol. The van der Waals surface area contributed by atoms with Gasteiger partial charge in [-0.3, -0.25) is 9.89 Å². The summed E-state index contributed by atoms with van der Waals surface area (Å²) < 4.78 is 5.01. The number of aromatic nitrogens is 2. The number of nitrogens with one attached hydrogen (secondary N) is 3. The van der Waals surface area contributed by atoms with Crippen molar-refractivity contribution in [3.63, 3.8) is 0 Å². The molecule has 0 fully saturated rings. The first-order chi connectivity index (χ1) is 6.87. The Labute approximate surface area is 87.0 Å². The molecule has 0 aliphatic heterocycles. The molecule has 0 saturated carbocycles. The van der Waals surface area contributed by atoms with E-state index >= 15 is 0 Å². The van der Waals surface area contributed by atoms with Crippen LogP contribution in [0.4, 0.5) is 4.79 Å². The van der Waals surface area contributed by atoms with E-state index in [9.17, 15) is 9.59 Å². The smallest absolute Gasteiger partial charge is 0.407 e. The minimum absolute atomic E-state index is 0.226. The average molecular weight is 213 g/mol. The zero-order valence-corrected chi connectivity index (χ0v) is 9.01. The second kappa shape index (κ2) is 4.20. The molecule has 0 saturated heterocycles. The van der Waals surface area contributed by atoms with Crippen LogP contribution in [-0.2, 0) is 11.3 Å². The molecule has 0 spiro atoms. The van der Waals surface area contributed by atoms with Crippen molar-refractivity contribution in [1.29, 1.82) is 0 Å². The molecule has 6 heteroatoms. The molecule has 84 valence electrons. The molecule has 0 aliphatic rings. The average Bonchev–Trinajstić information content (AvgIpc) is 2.45. The molecule has 1 aromatic rings. The van der Waals surface area contributed by atoms with Crippen LogP contribution in [0.2, 0.25) is 0 Å². The Morgan fingerprint density at radius 1 is 1.47 bits per heavy atom. The van der Waals surface area contributed by atoms with Crippen molar-refractivity contribution in [2.75, 3.05) is 0 Å². The fraction of sp³-hybridized carbons (Fsp3) is 0.556. The van der Waals surface area contributed by atoms with Crippen molar-refractivity contribution in [3.05, 3.63) is 22.1 Å². The third-order valence-corrected chi connectivity index (χ3v) is 1.47. The second-order valence-electron chi connectivity index (χ2n) is 4.14. The van der Waals surface area contributed by atoms with Crippen LogP contribution in [0, 0.1) is 0 Å². The number of amides is 1. The topological polar surface area (TPSA) is 87.0 Å². The van der Waals surface area contributed by atoms with Gasteiger partial charge in [0, 0.05) is 6.07 Å². The first-order valence-corrected chi connectivity index (χ1v) is 4.60. The van der Waals surface area contributed by atoms with Gasteiger partial charge in [0.1, 0.15) is 5.60 Å². The molecule has 0 aliphatic carbocycles. The predicted molar refractivity (Wildman–Crippen MR) is 54.5 cm³/mol. The zero-order valence-electron chi connectivity index (χ0n) is 9.01. The van der Waals surface area contributed by atoms with Crippen molar-refractivity contribution in [3.8, 4) is 0 Å². The second-order valence-corrected chi connectivity index (χ2v) is 4.14. The van der Waals surface area contributed by atoms with Crippen LogP contribution in [0.5, 0.6) is 0 Å². The number of H-pyrrole nitrogens is 2. The third-order valence-electron chi connectivity index (χ3n) is 1.47. The van der Waals surface area contributed by atoms with E-state index in [4.69, 9.17) is 4.74 Å². The predicted octanol–water partition coefficient (Wildman–Crippen LogP) is 0.728. The standard InChI is InChI=1S/C9H15N3O3/c1-9(2,3)15-8(14)10-5-6-4-7(13)12-11-6/h4H,5H2,1-3H3,(H,10,14)(H2,11,12,13). The highest BCUT2D eigenvalue weighted by Gasteiger charge is 2.15. The van der Waals surface area contributed by atoms with Gasteiger partial charge in [0.05, 0.1) is 12.2 Å². The molecule has 0 bridgehead atoms. The van der Waals surface area contributed by atoms with Crippen molar-refractivity contribution in [1.82, 2.24) is 15.5 Å². The van der Waals surface area contributed by atoms with E-state index in [0.717, 1.165) is 0 Å². The fourth-order valence-corrected chi connectivity index (χ4v) is 0.949. The van der Waals surface area contributed by atoms with E-state index in [1.54, 1.807) is 20.8 Å². The SMILES string of the molecule is CC(C)(C)OC(=O)NCc1cc(=O)[nH][nH]1. The van der Waals surface area contributed by atoms with Gasteiger partial charge >= 0.3 is 6.09 Å². The summed E-state index contributed by atoms with van der Waals surface area (Å²) in [6.07, 6.45) is -0.510. The van der Waals surface area contributed by atoms with Crippen LogP contribution in [0.25, 0.3) is 0 Å². The van der Waals surface area contributed by atoms with Crippen molar-refractivity contribution < 1.29 is 9.53 Å². The summed E-state index contributed by atoms with van der Waals surface area (Å²) in [7, 11) is 0. The van der Waals surface area contributed by atoms with E-state index in [1.807, 2.05) is 0 Å². The van der Waals surface area contributed by atoms with Gasteiger partial charge in [-0.15, -0.1) is 0 Å². The number of rotatable bonds is 2. The van der Waals surface area contributed by atoms with E-state index < -0.39 is 11.7 Å². The van der Waals surface area contributed by atoms with Crippen LogP contribution in [0.1, 0.15) is 26.5 Å². The Morgan fingerprint density at radius 3 is 2.60 bits per heavy atom. The minimum atomic E-state index is -0.518. The summed E-state index contributed by atoms with van der Waals surface area (Å²) in [5, 5.41) is 7.50. The van der Waals surface area contributed by atoms with Crippen LogP contribution >= 0.6 is 0 Å². The van der Waals surface area contributed by atoms with Gasteiger partial charge in [-0.05, 0) is 20.8 Å². The molecule has 0 radical (unpaired) electrons. The summed E-state index contributed by atoms with van der Waals surface area (Å²) >= 11 is 0. The first kappa shape index (κ1) is 11.4. The number of ether oxygens (including phenoxy) is 1. The zero-order chi connectivity index (χ0) is 11.5. The Morgan fingerprint density at radius 2 is 2.13 bits per heavy atom. The van der Waals surface area contributed by atoms with Crippen LogP contribution in [-0.4, -0.2) is 21.9 Å². The van der Waals surface area contributed by atoms with Crippen LogP contribution in [0.15, 0.2) is 10.9 Å². The Kier molecular flexibility index (Phi) is 3.18. The van der Waals surface area contributed by atoms with Crippen molar-refractivity contribution in [2.45, 2.75) is 32.9 Å². The quantitative estimate of drug-likeness (QED) is 0.676. The third kappa shape index (κ3) is 4.35. The number of hydrogen-bond acceptors (Lipinski definition) is 3. The highest BCUT2D eigenvalue weighted by Crippen LogP contribution is 2.06. The lowest BCUT2D eigenvalue weighted by Gasteiger charge is -2.19. The number of carbonyl (C=O) groups excluding carboxylic acids is 1. The lowest BCUT2D eigenvalue weighted by atomic mass is 10.2. The number of alkyl carbamates (subject to hydrolysis) is 1. The van der Waals surface area contributed by atoms with Crippen LogP contribution < -0.4 is 10.9 Å². The largest absolute Gasteiger partial charge is 0.444 e. The number of hydrogen-bond donors (Lipinski definition) is 3. The lowest BCUT2D eigenvalue weighted by Crippen LogP contribution is -2.32. The fourth-order valence-electron chi connectivity index (χ4n) is 0.949. The van der Waals surface area contributed by atoms with Gasteiger partial charge in [0.25, 0.3) is 5.56 Å². The molecule has 3 N–H and O–H groups in total. The maximum absolute atomic E-state index is 11.2. The molecular formula is C9H15N3O3. The highest BCUT2D eigenvalue weighted by atomic mass is 16.6. The molecule has 1 rings (SSSR count). The maximum Gasteiger partial charge on any atom is 0.407 e. The monoisotopic (exact) mass is 213 g/mol. The molecule has 0 aromatic carbocycles. The van der Waals surface area contributed by atoms with E-state index in [0.29, 0.717) is 5.69 Å². The summed E-state index contributed by atoms with van der Waals surface area (Å²) in [4.78, 5) is 21.9. The van der Waals surface area contributed by atoms with Crippen molar-refractivity contribution >= 4 is 6.09 Å². The van der Waals surface area contributed by atoms with Gasteiger partial charge in [-0.1, -0.05) is 0 Å². The molecule has 1 amide bonds. The molecule has 6 nitrogen and oxygen atoms in total. The molecule has 0 unspecified atom stereocenters. The molecule has 1 heterocycles. The first-order valence-electron chi connectivity index (χ1n) is 4.60. The van der Waals surface area contributed by atoms with Gasteiger partial charge in [0.15, 0.2) is 0 Å². The van der Waals surface area contributed by atoms with Crippen molar-refractivity contribution in [2.24, 2.45) is 0 Å². The van der Waals surface area contributed by atoms with E-state index in [1.165, 1.54) is 6.07 Å². The molecule has 15 heavy (non-hydrogen) atoms. The maximum atomic E-state index is 11.2. The van der Waals surface area contributed by atoms with Gasteiger partial charge < -0.3 is 15.2 Å². The Balaban J connectivity index is 2.38. The minimum Gasteiger partial charge on any atom is -0.444 e. The summed E-state index contributed by atoms with van der Waals surface area (Å²) in [5.74, 6) is 0. The lowest BCUT2D eigenvalue weighted by molar-refractivity contribution is 0.0523. The van der Waals surface area contributed by atoms with Crippen LogP contribution in [0.3, 0.4) is 0 Å². The Bertz CT molecular complexity index is 386. The van der Waals surface area contributed by atoms with Gasteiger partial charge in [-0.25, -0.2) is 4.79 Å². The van der Waals surface area contributed by atoms with Gasteiger partial charge in [-0.2, -0.15) is 0 Å². The number of aromatic amines is 2. The Hall–Kier alpha value is -1.72. The molecule has 1 aromatic heterocycles.